The van der Waals surface area contributed by atoms with Gasteiger partial charge in [0, 0.05) is 13.1 Å². The van der Waals surface area contributed by atoms with Crippen molar-refractivity contribution in [2.45, 2.75) is 19.0 Å². The van der Waals surface area contributed by atoms with Crippen molar-refractivity contribution < 1.29 is 32.2 Å². The van der Waals surface area contributed by atoms with Gasteiger partial charge in [-0.2, -0.15) is 13.2 Å². The molecule has 0 radical (unpaired) electrons. The summed E-state index contributed by atoms with van der Waals surface area (Å²) in [5.74, 6) is 0.193. The second-order valence-electron chi connectivity index (χ2n) is 9.21. The van der Waals surface area contributed by atoms with Crippen molar-refractivity contribution in [2.75, 3.05) is 51.4 Å². The molecule has 0 aliphatic carbocycles. The van der Waals surface area contributed by atoms with Crippen LogP contribution < -0.4 is 14.8 Å². The number of hydrogen-bond acceptors (Lipinski definition) is 7. The van der Waals surface area contributed by atoms with Gasteiger partial charge in [-0.05, 0) is 60.5 Å². The Balaban J connectivity index is 1.27. The Labute approximate surface area is 227 Å². The summed E-state index contributed by atoms with van der Waals surface area (Å²) in [4.78, 5) is 20.1. The highest BCUT2D eigenvalue weighted by Gasteiger charge is 2.28. The fourth-order valence-electron chi connectivity index (χ4n) is 4.34. The van der Waals surface area contributed by atoms with E-state index in [0.29, 0.717) is 33.3 Å². The number of aromatic nitrogens is 1. The predicted molar refractivity (Wildman–Crippen MR) is 145 cm³/mol. The maximum Gasteiger partial charge on any atom is 0.422 e. The maximum atomic E-state index is 13.3. The quantitative estimate of drug-likeness (QED) is 0.236. The van der Waals surface area contributed by atoms with Gasteiger partial charge in [0.05, 0.1) is 35.6 Å². The largest absolute Gasteiger partial charge is 0.493 e. The first-order valence-corrected chi connectivity index (χ1v) is 13.5. The fourth-order valence-corrected chi connectivity index (χ4v) is 5.23. The maximum absolute atomic E-state index is 13.3. The number of thiazole rings is 1. The minimum atomic E-state index is -4.43. The van der Waals surface area contributed by atoms with Crippen LogP contribution in [0.5, 0.6) is 11.5 Å². The van der Waals surface area contributed by atoms with Crippen molar-refractivity contribution in [2.24, 2.45) is 0 Å². The van der Waals surface area contributed by atoms with Crippen LogP contribution in [0.4, 0.5) is 18.3 Å². The molecule has 5 rings (SSSR count). The van der Waals surface area contributed by atoms with E-state index in [1.54, 1.807) is 12.1 Å². The number of amides is 1. The van der Waals surface area contributed by atoms with Crippen LogP contribution in [0.2, 0.25) is 0 Å². The molecule has 4 aromatic rings. The van der Waals surface area contributed by atoms with E-state index in [9.17, 15) is 18.0 Å². The number of hydrogen-bond donors (Lipinski definition) is 1. The number of nitrogens with one attached hydrogen (secondary N) is 1. The summed E-state index contributed by atoms with van der Waals surface area (Å²) in [5, 5.41) is 5.01. The molecule has 39 heavy (non-hydrogen) atoms. The third-order valence-corrected chi connectivity index (χ3v) is 7.24. The van der Waals surface area contributed by atoms with Gasteiger partial charge in [0.15, 0.2) is 11.7 Å². The third kappa shape index (κ3) is 7.37. The van der Waals surface area contributed by atoms with Gasteiger partial charge in [-0.1, -0.05) is 35.6 Å². The van der Waals surface area contributed by atoms with E-state index in [1.165, 1.54) is 12.1 Å². The zero-order valence-electron chi connectivity index (χ0n) is 21.1. The summed E-state index contributed by atoms with van der Waals surface area (Å²) in [5.41, 5.74) is 0.931. The first kappa shape index (κ1) is 27.2. The summed E-state index contributed by atoms with van der Waals surface area (Å²) in [6.07, 6.45) is -2.60. The molecule has 0 unspecified atom stereocenters. The third-order valence-electron chi connectivity index (χ3n) is 6.31. The van der Waals surface area contributed by atoms with E-state index in [0.717, 1.165) is 67.8 Å². The Morgan fingerprint density at radius 2 is 1.79 bits per heavy atom. The van der Waals surface area contributed by atoms with Crippen LogP contribution in [0, 0.1) is 0 Å². The second-order valence-corrected chi connectivity index (χ2v) is 10.2. The van der Waals surface area contributed by atoms with Gasteiger partial charge >= 0.3 is 6.18 Å². The lowest BCUT2D eigenvalue weighted by molar-refractivity contribution is -0.153. The van der Waals surface area contributed by atoms with E-state index in [1.807, 2.05) is 30.3 Å². The molecule has 11 heteroatoms. The molecule has 0 bridgehead atoms. The summed E-state index contributed by atoms with van der Waals surface area (Å²) in [6, 6.07) is 15.9. The molecule has 1 N–H and O–H groups in total. The van der Waals surface area contributed by atoms with E-state index in [4.69, 9.17) is 14.2 Å². The number of morpholine rings is 1. The van der Waals surface area contributed by atoms with Gasteiger partial charge in [-0.3, -0.25) is 15.0 Å². The van der Waals surface area contributed by atoms with Crippen LogP contribution in [0.1, 0.15) is 23.2 Å². The Hall–Kier alpha value is -3.41. The number of rotatable bonds is 10. The van der Waals surface area contributed by atoms with Crippen LogP contribution in [-0.2, 0) is 4.74 Å². The molecular weight excluding hydrogens is 531 g/mol. The molecule has 1 amide bonds. The minimum absolute atomic E-state index is 0.0835. The van der Waals surface area contributed by atoms with Gasteiger partial charge in [-0.25, -0.2) is 4.98 Å². The van der Waals surface area contributed by atoms with Gasteiger partial charge in [0.1, 0.15) is 11.5 Å². The zero-order chi connectivity index (χ0) is 27.2. The molecule has 1 fully saturated rings. The van der Waals surface area contributed by atoms with Gasteiger partial charge < -0.3 is 14.2 Å². The number of nitrogens with zero attached hydrogens (tertiary/aromatic N) is 2. The number of ether oxygens (including phenoxy) is 3. The molecule has 7 nitrogen and oxygen atoms in total. The van der Waals surface area contributed by atoms with Crippen LogP contribution in [-0.4, -0.2) is 68.0 Å². The SMILES string of the molecule is O=C(Nc1nc2ccc(OCC(F)(F)F)cc2s1)c1cc2ccccc2cc1OCCCCN1CCOCC1. The molecule has 206 valence electrons. The smallest absolute Gasteiger partial charge is 0.422 e. The van der Waals surface area contributed by atoms with Crippen molar-refractivity contribution in [1.29, 1.82) is 0 Å². The monoisotopic (exact) mass is 559 g/mol. The molecule has 0 spiro atoms. The minimum Gasteiger partial charge on any atom is -0.493 e. The van der Waals surface area contributed by atoms with E-state index < -0.39 is 12.8 Å². The predicted octanol–water partition coefficient (Wildman–Crippen LogP) is 6.13. The number of unbranched alkanes of at least 4 members (excludes halogenated alkanes) is 1. The highest BCUT2D eigenvalue weighted by atomic mass is 32.1. The lowest BCUT2D eigenvalue weighted by Crippen LogP contribution is -2.36. The van der Waals surface area contributed by atoms with Gasteiger partial charge in [0.2, 0.25) is 0 Å². The Morgan fingerprint density at radius 3 is 2.56 bits per heavy atom. The number of halogens is 3. The molecule has 2 heterocycles. The number of carbonyl (C=O) groups is 1. The van der Waals surface area contributed by atoms with Crippen molar-refractivity contribution >= 4 is 43.4 Å². The first-order chi connectivity index (χ1) is 18.8. The van der Waals surface area contributed by atoms with Crippen molar-refractivity contribution in [3.63, 3.8) is 0 Å². The van der Waals surface area contributed by atoms with Gasteiger partial charge in [0.25, 0.3) is 5.91 Å². The average molecular weight is 560 g/mol. The highest BCUT2D eigenvalue weighted by Crippen LogP contribution is 2.32. The topological polar surface area (TPSA) is 72.9 Å². The molecule has 0 atom stereocenters. The number of carbonyl (C=O) groups excluding carboxylic acids is 1. The van der Waals surface area contributed by atoms with E-state index >= 15 is 0 Å². The van der Waals surface area contributed by atoms with Crippen molar-refractivity contribution in [1.82, 2.24) is 9.88 Å². The van der Waals surface area contributed by atoms with Crippen LogP contribution in [0.25, 0.3) is 21.0 Å². The van der Waals surface area contributed by atoms with Crippen LogP contribution in [0.15, 0.2) is 54.6 Å². The number of alkyl halides is 3. The fraction of sp³-hybridized carbons (Fsp3) is 0.357. The molecular formula is C28H28F3N3O4S. The summed E-state index contributed by atoms with van der Waals surface area (Å²) < 4.78 is 54.4. The highest BCUT2D eigenvalue weighted by molar-refractivity contribution is 7.22. The van der Waals surface area contributed by atoms with E-state index in [2.05, 4.69) is 15.2 Å². The number of benzene rings is 3. The van der Waals surface area contributed by atoms with Crippen molar-refractivity contribution in [3.05, 3.63) is 60.2 Å². The molecule has 1 aromatic heterocycles. The molecule has 1 aliphatic rings. The molecule has 0 saturated carbocycles. The van der Waals surface area contributed by atoms with Crippen LogP contribution in [0.3, 0.4) is 0 Å². The second kappa shape index (κ2) is 12.2. The first-order valence-electron chi connectivity index (χ1n) is 12.7. The van der Waals surface area contributed by atoms with Crippen LogP contribution >= 0.6 is 11.3 Å². The zero-order valence-corrected chi connectivity index (χ0v) is 21.9. The lowest BCUT2D eigenvalue weighted by atomic mass is 10.1. The molecule has 1 aliphatic heterocycles. The lowest BCUT2D eigenvalue weighted by Gasteiger charge is -2.26. The Bertz CT molecular complexity index is 1440. The number of fused-ring (bicyclic) bond motifs is 2. The summed E-state index contributed by atoms with van der Waals surface area (Å²) in [7, 11) is 0. The normalized spacial score (nSPS) is 14.5. The Morgan fingerprint density at radius 1 is 1.03 bits per heavy atom. The molecule has 3 aromatic carbocycles. The number of anilines is 1. The van der Waals surface area contributed by atoms with Gasteiger partial charge in [-0.15, -0.1) is 0 Å². The average Bonchev–Trinajstić information content (AvgIpc) is 3.33. The molecule has 1 saturated heterocycles. The Kier molecular flexibility index (Phi) is 8.49. The van der Waals surface area contributed by atoms with Crippen molar-refractivity contribution in [3.8, 4) is 11.5 Å². The summed E-state index contributed by atoms with van der Waals surface area (Å²) >= 11 is 1.16. The summed E-state index contributed by atoms with van der Waals surface area (Å²) in [6.45, 7) is 3.52. The van der Waals surface area contributed by atoms with E-state index in [-0.39, 0.29) is 11.7 Å². The standard InChI is InChI=1S/C28H28F3N3O4S/c29-28(30,31)18-38-21-7-8-23-25(17-21)39-27(32-23)33-26(35)22-15-19-5-1-2-6-20(19)16-24(22)37-12-4-3-9-34-10-13-36-14-11-34/h1-2,5-8,15-17H,3-4,9-14,18H2,(H,32,33,35).